The number of aromatic nitrogens is 1. The topological polar surface area (TPSA) is 65.5 Å². The average molecular weight is 263 g/mol. The molecule has 1 aromatic heterocycles. The number of likely N-dealkylation sites (tertiary alicyclic amines) is 1. The van der Waals surface area contributed by atoms with E-state index in [1.54, 1.807) is 23.4 Å². The number of nitrogens with zero attached hydrogens (tertiary/aromatic N) is 2. The van der Waals surface area contributed by atoms with Gasteiger partial charge >= 0.3 is 0 Å². The molecule has 1 atom stereocenters. The van der Waals surface area contributed by atoms with Crippen molar-refractivity contribution in [2.45, 2.75) is 32.3 Å². The number of pyridine rings is 1. The van der Waals surface area contributed by atoms with Crippen LogP contribution in [-0.4, -0.2) is 46.6 Å². The minimum absolute atomic E-state index is 0.0280. The largest absolute Gasteiger partial charge is 0.391 e. The van der Waals surface area contributed by atoms with Gasteiger partial charge in [0.1, 0.15) is 0 Å². The molecule has 0 saturated carbocycles. The van der Waals surface area contributed by atoms with Crippen molar-refractivity contribution >= 4 is 11.6 Å². The van der Waals surface area contributed by atoms with Crippen LogP contribution >= 0.6 is 0 Å². The standard InChI is InChI=1S/C14H21N3O2/c1-2-6-16-13-9-15-7-5-12(13)14(19)17-8-3-4-11(18)10-17/h5,7,9,11,16,18H,2-4,6,8,10H2,1H3. The highest BCUT2D eigenvalue weighted by atomic mass is 16.3. The number of aliphatic hydroxyl groups excluding tert-OH is 1. The van der Waals surface area contributed by atoms with E-state index in [0.29, 0.717) is 18.7 Å². The van der Waals surface area contributed by atoms with E-state index in [1.807, 2.05) is 0 Å². The molecule has 1 amide bonds. The van der Waals surface area contributed by atoms with E-state index in [0.717, 1.165) is 31.5 Å². The van der Waals surface area contributed by atoms with Crippen molar-refractivity contribution in [1.82, 2.24) is 9.88 Å². The lowest BCUT2D eigenvalue weighted by molar-refractivity contribution is 0.0474. The first-order valence-electron chi connectivity index (χ1n) is 6.87. The van der Waals surface area contributed by atoms with Crippen LogP contribution in [0.3, 0.4) is 0 Å². The Hall–Kier alpha value is -1.62. The maximum absolute atomic E-state index is 12.5. The fourth-order valence-electron chi connectivity index (χ4n) is 2.29. The number of carbonyl (C=O) groups excluding carboxylic acids is 1. The van der Waals surface area contributed by atoms with Gasteiger partial charge in [0.2, 0.25) is 0 Å². The monoisotopic (exact) mass is 263 g/mol. The van der Waals surface area contributed by atoms with Gasteiger partial charge in [0.15, 0.2) is 0 Å². The second kappa shape index (κ2) is 6.52. The van der Waals surface area contributed by atoms with Gasteiger partial charge in [0.25, 0.3) is 5.91 Å². The fraction of sp³-hybridized carbons (Fsp3) is 0.571. The first-order valence-corrected chi connectivity index (χ1v) is 6.87. The molecule has 1 saturated heterocycles. The summed E-state index contributed by atoms with van der Waals surface area (Å²) >= 11 is 0. The van der Waals surface area contributed by atoms with Gasteiger partial charge in [-0.25, -0.2) is 0 Å². The summed E-state index contributed by atoms with van der Waals surface area (Å²) in [4.78, 5) is 18.3. The van der Waals surface area contributed by atoms with Crippen molar-refractivity contribution < 1.29 is 9.90 Å². The lowest BCUT2D eigenvalue weighted by atomic mass is 10.1. The number of hydrogen-bond donors (Lipinski definition) is 2. The summed E-state index contributed by atoms with van der Waals surface area (Å²) in [6.45, 7) is 4.03. The Kier molecular flexibility index (Phi) is 4.74. The molecule has 19 heavy (non-hydrogen) atoms. The molecule has 0 aliphatic carbocycles. The number of carbonyl (C=O) groups is 1. The van der Waals surface area contributed by atoms with Crippen molar-refractivity contribution in [3.63, 3.8) is 0 Å². The van der Waals surface area contributed by atoms with E-state index < -0.39 is 6.10 Å². The highest BCUT2D eigenvalue weighted by Crippen LogP contribution is 2.19. The highest BCUT2D eigenvalue weighted by molar-refractivity contribution is 5.99. The fourth-order valence-corrected chi connectivity index (χ4v) is 2.29. The molecular weight excluding hydrogens is 242 g/mol. The zero-order chi connectivity index (χ0) is 13.7. The Morgan fingerprint density at radius 2 is 2.47 bits per heavy atom. The number of aliphatic hydroxyl groups is 1. The number of hydrogen-bond acceptors (Lipinski definition) is 4. The van der Waals surface area contributed by atoms with Crippen molar-refractivity contribution in [3.05, 3.63) is 24.0 Å². The summed E-state index contributed by atoms with van der Waals surface area (Å²) in [7, 11) is 0. The van der Waals surface area contributed by atoms with Gasteiger partial charge in [-0.15, -0.1) is 0 Å². The molecule has 2 rings (SSSR count). The van der Waals surface area contributed by atoms with Crippen molar-refractivity contribution in [2.75, 3.05) is 25.0 Å². The van der Waals surface area contributed by atoms with Crippen LogP contribution in [0.25, 0.3) is 0 Å². The Morgan fingerprint density at radius 3 is 3.21 bits per heavy atom. The second-order valence-corrected chi connectivity index (χ2v) is 4.90. The normalized spacial score (nSPS) is 19.3. The molecule has 1 aromatic rings. The molecule has 1 unspecified atom stereocenters. The third-order valence-electron chi connectivity index (χ3n) is 3.30. The predicted octanol–water partition coefficient (Wildman–Crippen LogP) is 1.50. The average Bonchev–Trinajstić information content (AvgIpc) is 2.44. The zero-order valence-electron chi connectivity index (χ0n) is 11.3. The quantitative estimate of drug-likeness (QED) is 0.864. The van der Waals surface area contributed by atoms with Crippen molar-refractivity contribution in [1.29, 1.82) is 0 Å². The molecule has 1 aliphatic rings. The number of piperidine rings is 1. The Balaban J connectivity index is 2.13. The number of β-amino-alcohol motifs (C(OH)–C–C–N with tert-alkyl or cyclic N) is 1. The lowest BCUT2D eigenvalue weighted by Crippen LogP contribution is -2.42. The number of amides is 1. The molecule has 0 aromatic carbocycles. The summed E-state index contributed by atoms with van der Waals surface area (Å²) in [6.07, 6.45) is 5.54. The highest BCUT2D eigenvalue weighted by Gasteiger charge is 2.24. The van der Waals surface area contributed by atoms with Gasteiger partial charge in [-0.05, 0) is 25.3 Å². The van der Waals surface area contributed by atoms with Crippen LogP contribution in [-0.2, 0) is 0 Å². The van der Waals surface area contributed by atoms with Crippen LogP contribution in [0.5, 0.6) is 0 Å². The Morgan fingerprint density at radius 1 is 1.63 bits per heavy atom. The van der Waals surface area contributed by atoms with Crippen LogP contribution < -0.4 is 5.32 Å². The summed E-state index contributed by atoms with van der Waals surface area (Å²) in [5.41, 5.74) is 1.41. The first-order chi connectivity index (χ1) is 9.22. The second-order valence-electron chi connectivity index (χ2n) is 4.90. The minimum Gasteiger partial charge on any atom is -0.391 e. The van der Waals surface area contributed by atoms with Crippen molar-refractivity contribution in [2.24, 2.45) is 0 Å². The lowest BCUT2D eigenvalue weighted by Gasteiger charge is -2.30. The first kappa shape index (κ1) is 13.8. The number of anilines is 1. The minimum atomic E-state index is -0.397. The zero-order valence-corrected chi connectivity index (χ0v) is 11.3. The predicted molar refractivity (Wildman–Crippen MR) is 74.2 cm³/mol. The van der Waals surface area contributed by atoms with E-state index in [9.17, 15) is 9.90 Å². The third-order valence-corrected chi connectivity index (χ3v) is 3.30. The van der Waals surface area contributed by atoms with Crippen LogP contribution in [0.2, 0.25) is 0 Å². The molecule has 104 valence electrons. The van der Waals surface area contributed by atoms with Crippen LogP contribution in [0, 0.1) is 0 Å². The summed E-state index contributed by atoms with van der Waals surface area (Å²) in [5, 5.41) is 12.9. The SMILES string of the molecule is CCCNc1cnccc1C(=O)N1CCCC(O)C1. The van der Waals surface area contributed by atoms with E-state index in [4.69, 9.17) is 0 Å². The van der Waals surface area contributed by atoms with Gasteiger partial charge in [0, 0.05) is 25.8 Å². The third kappa shape index (κ3) is 3.44. The van der Waals surface area contributed by atoms with E-state index in [-0.39, 0.29) is 5.91 Å². The smallest absolute Gasteiger partial charge is 0.256 e. The Labute approximate surface area is 113 Å². The van der Waals surface area contributed by atoms with E-state index in [1.165, 1.54) is 0 Å². The molecule has 2 N–H and O–H groups in total. The van der Waals surface area contributed by atoms with Crippen molar-refractivity contribution in [3.8, 4) is 0 Å². The number of nitrogens with one attached hydrogen (secondary N) is 1. The van der Waals surface area contributed by atoms with Gasteiger partial charge < -0.3 is 15.3 Å². The number of rotatable bonds is 4. The van der Waals surface area contributed by atoms with Gasteiger partial charge in [-0.2, -0.15) is 0 Å². The summed E-state index contributed by atoms with van der Waals surface area (Å²) < 4.78 is 0. The molecular formula is C14H21N3O2. The van der Waals surface area contributed by atoms with Gasteiger partial charge in [-0.3, -0.25) is 9.78 Å². The van der Waals surface area contributed by atoms with Gasteiger partial charge in [-0.1, -0.05) is 6.92 Å². The van der Waals surface area contributed by atoms with E-state index in [2.05, 4.69) is 17.2 Å². The maximum Gasteiger partial charge on any atom is 0.256 e. The maximum atomic E-state index is 12.5. The van der Waals surface area contributed by atoms with Gasteiger partial charge in [0.05, 0.1) is 23.6 Å². The Bertz CT molecular complexity index is 436. The molecule has 5 nitrogen and oxygen atoms in total. The summed E-state index contributed by atoms with van der Waals surface area (Å²) in [5.74, 6) is -0.0280. The molecule has 0 bridgehead atoms. The van der Waals surface area contributed by atoms with E-state index >= 15 is 0 Å². The summed E-state index contributed by atoms with van der Waals surface area (Å²) in [6, 6.07) is 1.74. The molecule has 5 heteroatoms. The van der Waals surface area contributed by atoms with Crippen LogP contribution in [0.15, 0.2) is 18.5 Å². The van der Waals surface area contributed by atoms with Crippen LogP contribution in [0.4, 0.5) is 5.69 Å². The molecule has 2 heterocycles. The van der Waals surface area contributed by atoms with Crippen LogP contribution in [0.1, 0.15) is 36.5 Å². The molecule has 0 spiro atoms. The molecule has 0 radical (unpaired) electrons. The molecule has 1 fully saturated rings. The molecule has 1 aliphatic heterocycles.